The van der Waals surface area contributed by atoms with E-state index in [1.165, 1.54) is 0 Å². The van der Waals surface area contributed by atoms with Gasteiger partial charge in [-0.25, -0.2) is 0 Å². The Hall–Kier alpha value is -0.730. The molecule has 0 amide bonds. The lowest BCUT2D eigenvalue weighted by molar-refractivity contribution is 0.353. The molecule has 70 valence electrons. The van der Waals surface area contributed by atoms with Gasteiger partial charge < -0.3 is 10.1 Å². The van der Waals surface area contributed by atoms with E-state index in [0.29, 0.717) is 6.04 Å². The van der Waals surface area contributed by atoms with E-state index in [-0.39, 0.29) is 0 Å². The fourth-order valence-electron chi connectivity index (χ4n) is 1.57. The molecule has 2 nitrogen and oxygen atoms in total. The molecule has 1 heterocycles. The van der Waals surface area contributed by atoms with Gasteiger partial charge in [0.25, 0.3) is 0 Å². The standard InChI is InChI=1S/C10H12ClNO/c1-13-9-4-2-3-7(11)10(9)8-5-6-12-8/h2-4,8,12H,5-6H2,1H3/t8-/m0/s1. The highest BCUT2D eigenvalue weighted by molar-refractivity contribution is 6.31. The van der Waals surface area contributed by atoms with Crippen molar-refractivity contribution in [1.82, 2.24) is 5.32 Å². The highest BCUT2D eigenvalue weighted by atomic mass is 35.5. The molecule has 13 heavy (non-hydrogen) atoms. The summed E-state index contributed by atoms with van der Waals surface area (Å²) in [6, 6.07) is 6.13. The van der Waals surface area contributed by atoms with E-state index in [4.69, 9.17) is 16.3 Å². The molecule has 2 rings (SSSR count). The Morgan fingerprint density at radius 1 is 1.54 bits per heavy atom. The molecule has 0 aromatic heterocycles. The van der Waals surface area contributed by atoms with Crippen LogP contribution < -0.4 is 10.1 Å². The van der Waals surface area contributed by atoms with Crippen LogP contribution in [0.1, 0.15) is 18.0 Å². The summed E-state index contributed by atoms with van der Waals surface area (Å²) >= 11 is 6.10. The molecule has 1 atom stereocenters. The lowest BCUT2D eigenvalue weighted by atomic mass is 9.97. The third-order valence-corrected chi connectivity index (χ3v) is 2.73. The van der Waals surface area contributed by atoms with Crippen molar-refractivity contribution in [3.05, 3.63) is 28.8 Å². The van der Waals surface area contributed by atoms with Gasteiger partial charge in [-0.1, -0.05) is 17.7 Å². The van der Waals surface area contributed by atoms with Crippen molar-refractivity contribution in [1.29, 1.82) is 0 Å². The third-order valence-electron chi connectivity index (χ3n) is 2.41. The van der Waals surface area contributed by atoms with Gasteiger partial charge in [-0.15, -0.1) is 0 Å². The molecular weight excluding hydrogens is 186 g/mol. The summed E-state index contributed by atoms with van der Waals surface area (Å²) in [5.74, 6) is 0.879. The maximum absolute atomic E-state index is 6.10. The van der Waals surface area contributed by atoms with Crippen LogP contribution in [0.5, 0.6) is 5.75 Å². The number of nitrogens with one attached hydrogen (secondary N) is 1. The number of hydrogen-bond donors (Lipinski definition) is 1. The largest absolute Gasteiger partial charge is 0.496 e. The van der Waals surface area contributed by atoms with Crippen LogP contribution in [0.3, 0.4) is 0 Å². The van der Waals surface area contributed by atoms with Crippen molar-refractivity contribution in [2.45, 2.75) is 12.5 Å². The molecule has 1 aromatic rings. The Kier molecular flexibility index (Phi) is 2.42. The van der Waals surface area contributed by atoms with Crippen LogP contribution in [-0.2, 0) is 0 Å². The Bertz CT molecular complexity index is 310. The van der Waals surface area contributed by atoms with E-state index in [1.54, 1.807) is 7.11 Å². The predicted octanol–water partition coefficient (Wildman–Crippen LogP) is 2.38. The zero-order valence-electron chi connectivity index (χ0n) is 7.51. The van der Waals surface area contributed by atoms with Gasteiger partial charge in [0.2, 0.25) is 0 Å². The van der Waals surface area contributed by atoms with Crippen molar-refractivity contribution < 1.29 is 4.74 Å². The molecule has 1 aliphatic heterocycles. The van der Waals surface area contributed by atoms with Crippen LogP contribution in [0, 0.1) is 0 Å². The van der Waals surface area contributed by atoms with E-state index in [0.717, 1.165) is 29.3 Å². The number of halogens is 1. The lowest BCUT2D eigenvalue weighted by Gasteiger charge is -2.29. The van der Waals surface area contributed by atoms with E-state index in [1.807, 2.05) is 18.2 Å². The summed E-state index contributed by atoms with van der Waals surface area (Å²) in [5, 5.41) is 4.10. The van der Waals surface area contributed by atoms with Crippen LogP contribution in [-0.4, -0.2) is 13.7 Å². The second-order valence-electron chi connectivity index (χ2n) is 3.15. The van der Waals surface area contributed by atoms with E-state index in [9.17, 15) is 0 Å². The topological polar surface area (TPSA) is 21.3 Å². The van der Waals surface area contributed by atoms with Gasteiger partial charge in [0.1, 0.15) is 5.75 Å². The molecule has 0 saturated carbocycles. The molecule has 1 N–H and O–H groups in total. The summed E-state index contributed by atoms with van der Waals surface area (Å²) in [5.41, 5.74) is 1.10. The molecule has 1 fully saturated rings. The molecule has 0 radical (unpaired) electrons. The molecule has 0 aliphatic carbocycles. The second kappa shape index (κ2) is 3.56. The SMILES string of the molecule is COc1cccc(Cl)c1[C@@H]1CCN1. The Morgan fingerprint density at radius 2 is 2.31 bits per heavy atom. The van der Waals surface area contributed by atoms with Crippen LogP contribution in [0.25, 0.3) is 0 Å². The third kappa shape index (κ3) is 1.52. The lowest BCUT2D eigenvalue weighted by Crippen LogP contribution is -2.35. The van der Waals surface area contributed by atoms with Crippen molar-refractivity contribution >= 4 is 11.6 Å². The number of benzene rings is 1. The molecule has 0 unspecified atom stereocenters. The summed E-state index contributed by atoms with van der Waals surface area (Å²) in [6.45, 7) is 1.07. The predicted molar refractivity (Wildman–Crippen MR) is 53.4 cm³/mol. The van der Waals surface area contributed by atoms with Gasteiger partial charge >= 0.3 is 0 Å². The molecule has 1 aromatic carbocycles. The Labute approximate surface area is 82.9 Å². The molecule has 1 aliphatic rings. The van der Waals surface area contributed by atoms with Crippen molar-refractivity contribution in [2.75, 3.05) is 13.7 Å². The minimum atomic E-state index is 0.378. The molecule has 0 spiro atoms. The first-order valence-electron chi connectivity index (χ1n) is 4.38. The number of hydrogen-bond acceptors (Lipinski definition) is 2. The number of rotatable bonds is 2. The highest BCUT2D eigenvalue weighted by Gasteiger charge is 2.24. The van der Waals surface area contributed by atoms with Crippen LogP contribution in [0.2, 0.25) is 5.02 Å². The van der Waals surface area contributed by atoms with E-state index in [2.05, 4.69) is 5.32 Å². The second-order valence-corrected chi connectivity index (χ2v) is 3.56. The average molecular weight is 198 g/mol. The molecular formula is C10H12ClNO. The molecule has 1 saturated heterocycles. The van der Waals surface area contributed by atoms with Crippen molar-refractivity contribution in [2.24, 2.45) is 0 Å². The first kappa shape index (κ1) is 8.85. The van der Waals surface area contributed by atoms with Gasteiger partial charge in [0, 0.05) is 16.6 Å². The minimum Gasteiger partial charge on any atom is -0.496 e. The quantitative estimate of drug-likeness (QED) is 0.786. The maximum atomic E-state index is 6.10. The van der Waals surface area contributed by atoms with Crippen molar-refractivity contribution in [3.8, 4) is 5.75 Å². The number of ether oxygens (including phenoxy) is 1. The normalized spacial score (nSPS) is 20.9. The number of methoxy groups -OCH3 is 1. The Balaban J connectivity index is 2.39. The molecule has 3 heteroatoms. The zero-order valence-corrected chi connectivity index (χ0v) is 8.27. The van der Waals surface area contributed by atoms with Gasteiger partial charge in [0.15, 0.2) is 0 Å². The molecule has 0 bridgehead atoms. The summed E-state index contributed by atoms with van der Waals surface area (Å²) < 4.78 is 5.26. The first-order valence-corrected chi connectivity index (χ1v) is 4.76. The smallest absolute Gasteiger partial charge is 0.125 e. The van der Waals surface area contributed by atoms with Gasteiger partial charge in [0.05, 0.1) is 7.11 Å². The van der Waals surface area contributed by atoms with Crippen LogP contribution in [0.4, 0.5) is 0 Å². The summed E-state index contributed by atoms with van der Waals surface area (Å²) in [4.78, 5) is 0. The maximum Gasteiger partial charge on any atom is 0.125 e. The minimum absolute atomic E-state index is 0.378. The summed E-state index contributed by atoms with van der Waals surface area (Å²) in [7, 11) is 1.67. The van der Waals surface area contributed by atoms with Crippen LogP contribution >= 0.6 is 11.6 Å². The monoisotopic (exact) mass is 197 g/mol. The fourth-order valence-corrected chi connectivity index (χ4v) is 1.87. The zero-order chi connectivity index (χ0) is 9.26. The van der Waals surface area contributed by atoms with E-state index < -0.39 is 0 Å². The van der Waals surface area contributed by atoms with E-state index >= 15 is 0 Å². The van der Waals surface area contributed by atoms with Gasteiger partial charge in [-0.3, -0.25) is 0 Å². The summed E-state index contributed by atoms with van der Waals surface area (Å²) in [6.07, 6.45) is 1.14. The van der Waals surface area contributed by atoms with Crippen LogP contribution in [0.15, 0.2) is 18.2 Å². The van der Waals surface area contributed by atoms with Gasteiger partial charge in [-0.2, -0.15) is 0 Å². The fraction of sp³-hybridized carbons (Fsp3) is 0.400. The first-order chi connectivity index (χ1) is 6.33. The van der Waals surface area contributed by atoms with Crippen molar-refractivity contribution in [3.63, 3.8) is 0 Å². The highest BCUT2D eigenvalue weighted by Crippen LogP contribution is 2.36. The van der Waals surface area contributed by atoms with Gasteiger partial charge in [-0.05, 0) is 25.1 Å². The average Bonchev–Trinajstić information content (AvgIpc) is 2.05. The Morgan fingerprint density at radius 3 is 2.85 bits per heavy atom.